The first kappa shape index (κ1) is 23.0. The number of hydrogen-bond donors (Lipinski definition) is 1. The van der Waals surface area contributed by atoms with Crippen molar-refractivity contribution in [3.63, 3.8) is 0 Å². The molecule has 0 aromatic heterocycles. The minimum Gasteiger partial charge on any atom is -0.355 e. The highest BCUT2D eigenvalue weighted by atomic mass is 16.2. The molecule has 3 aliphatic rings. The summed E-state index contributed by atoms with van der Waals surface area (Å²) in [5, 5.41) is 3.66. The smallest absolute Gasteiger partial charge is 0.254 e. The molecular formula is C32H35N3O. The second-order valence-corrected chi connectivity index (χ2v) is 11.2. The zero-order valence-corrected chi connectivity index (χ0v) is 21.6. The van der Waals surface area contributed by atoms with Gasteiger partial charge in [-0.25, -0.2) is 0 Å². The Kier molecular flexibility index (Phi) is 5.70. The molecule has 36 heavy (non-hydrogen) atoms. The molecule has 0 bridgehead atoms. The maximum atomic E-state index is 13.3. The van der Waals surface area contributed by atoms with Gasteiger partial charge in [-0.3, -0.25) is 9.79 Å². The number of nitrogens with one attached hydrogen (secondary N) is 1. The number of carbonyl (C=O) groups excluding carboxylic acids is 1. The average molecular weight is 478 g/mol. The Morgan fingerprint density at radius 2 is 1.89 bits per heavy atom. The van der Waals surface area contributed by atoms with Gasteiger partial charge in [0.15, 0.2) is 0 Å². The SMILES string of the molecule is CCC1Cc2ccccc2N=C1c1cc(Nc2cccc3c2CCN(CC2(C)CC2)C3=O)ccc1C. The van der Waals surface area contributed by atoms with Gasteiger partial charge in [0, 0.05) is 41.5 Å². The molecule has 6 rings (SSSR count). The number of amides is 1. The van der Waals surface area contributed by atoms with E-state index in [9.17, 15) is 4.79 Å². The van der Waals surface area contributed by atoms with Crippen molar-refractivity contribution < 1.29 is 4.79 Å². The summed E-state index contributed by atoms with van der Waals surface area (Å²) < 4.78 is 0. The Balaban J connectivity index is 1.30. The van der Waals surface area contributed by atoms with Crippen molar-refractivity contribution in [2.75, 3.05) is 18.4 Å². The molecular weight excluding hydrogens is 442 g/mol. The standard InChI is InChI=1S/C32H35N3O/c1-4-22-18-23-8-5-6-10-28(23)34-30(22)27-19-24(13-12-21(27)2)33-29-11-7-9-26-25(29)14-17-35(31(26)36)20-32(3)15-16-32/h5-13,19,22,33H,4,14-18,20H2,1-3H3. The van der Waals surface area contributed by atoms with E-state index in [1.54, 1.807) is 0 Å². The Labute approximate surface area is 214 Å². The molecule has 4 heteroatoms. The second-order valence-electron chi connectivity index (χ2n) is 11.2. The highest BCUT2D eigenvalue weighted by Gasteiger charge is 2.41. The van der Waals surface area contributed by atoms with Gasteiger partial charge in [-0.1, -0.05) is 44.2 Å². The molecule has 0 radical (unpaired) electrons. The van der Waals surface area contributed by atoms with E-state index in [2.05, 4.69) is 79.5 Å². The number of para-hydroxylation sites is 1. The third-order valence-corrected chi connectivity index (χ3v) is 8.37. The first-order valence-electron chi connectivity index (χ1n) is 13.4. The van der Waals surface area contributed by atoms with Crippen molar-refractivity contribution in [2.24, 2.45) is 16.3 Å². The molecule has 1 amide bonds. The largest absolute Gasteiger partial charge is 0.355 e. The summed E-state index contributed by atoms with van der Waals surface area (Å²) in [6.45, 7) is 8.40. The van der Waals surface area contributed by atoms with Crippen LogP contribution in [0.3, 0.4) is 0 Å². The first-order chi connectivity index (χ1) is 17.4. The second kappa shape index (κ2) is 8.92. The van der Waals surface area contributed by atoms with Crippen LogP contribution in [0.25, 0.3) is 0 Å². The molecule has 1 fully saturated rings. The maximum absolute atomic E-state index is 13.3. The molecule has 1 aliphatic carbocycles. The van der Waals surface area contributed by atoms with E-state index in [1.165, 1.54) is 35.2 Å². The minimum absolute atomic E-state index is 0.179. The normalized spacial score (nSPS) is 19.9. The van der Waals surface area contributed by atoms with Crippen LogP contribution in [0.1, 0.15) is 65.7 Å². The molecule has 2 heterocycles. The zero-order valence-electron chi connectivity index (χ0n) is 21.6. The number of nitrogens with zero attached hydrogens (tertiary/aromatic N) is 2. The fourth-order valence-electron chi connectivity index (χ4n) is 5.80. The van der Waals surface area contributed by atoms with Gasteiger partial charge in [-0.2, -0.15) is 0 Å². The van der Waals surface area contributed by atoms with Crippen LogP contribution in [-0.4, -0.2) is 29.6 Å². The first-order valence-corrected chi connectivity index (χ1v) is 13.4. The lowest BCUT2D eigenvalue weighted by molar-refractivity contribution is 0.0707. The van der Waals surface area contributed by atoms with Crippen LogP contribution in [-0.2, 0) is 12.8 Å². The summed E-state index contributed by atoms with van der Waals surface area (Å²) in [5.41, 5.74) is 10.5. The van der Waals surface area contributed by atoms with Crippen molar-refractivity contribution >= 4 is 28.7 Å². The minimum atomic E-state index is 0.179. The van der Waals surface area contributed by atoms with E-state index < -0.39 is 0 Å². The Hall–Kier alpha value is -3.40. The van der Waals surface area contributed by atoms with Crippen LogP contribution in [0.2, 0.25) is 0 Å². The van der Waals surface area contributed by atoms with Gasteiger partial charge in [0.25, 0.3) is 5.91 Å². The maximum Gasteiger partial charge on any atom is 0.254 e. The van der Waals surface area contributed by atoms with E-state index >= 15 is 0 Å². The predicted molar refractivity (Wildman–Crippen MR) is 148 cm³/mol. The summed E-state index contributed by atoms with van der Waals surface area (Å²) in [4.78, 5) is 20.5. The molecule has 184 valence electrons. The van der Waals surface area contributed by atoms with Crippen LogP contribution >= 0.6 is 0 Å². The summed E-state index contributed by atoms with van der Waals surface area (Å²) in [7, 11) is 0. The van der Waals surface area contributed by atoms with E-state index in [0.29, 0.717) is 11.3 Å². The predicted octanol–water partition coefficient (Wildman–Crippen LogP) is 7.24. The van der Waals surface area contributed by atoms with Gasteiger partial charge in [0.2, 0.25) is 0 Å². The molecule has 3 aromatic carbocycles. The van der Waals surface area contributed by atoms with E-state index in [1.807, 2.05) is 12.1 Å². The summed E-state index contributed by atoms with van der Waals surface area (Å²) in [6, 6.07) is 21.2. The van der Waals surface area contributed by atoms with Crippen molar-refractivity contribution in [1.82, 2.24) is 4.90 Å². The molecule has 0 saturated heterocycles. The van der Waals surface area contributed by atoms with Gasteiger partial charge in [0.05, 0.1) is 11.4 Å². The van der Waals surface area contributed by atoms with Crippen LogP contribution in [0.5, 0.6) is 0 Å². The van der Waals surface area contributed by atoms with Gasteiger partial charge < -0.3 is 10.2 Å². The fourth-order valence-corrected chi connectivity index (χ4v) is 5.80. The van der Waals surface area contributed by atoms with Gasteiger partial charge in [0.1, 0.15) is 0 Å². The van der Waals surface area contributed by atoms with Crippen LogP contribution in [0, 0.1) is 18.3 Å². The number of fused-ring (bicyclic) bond motifs is 2. The molecule has 1 unspecified atom stereocenters. The lowest BCUT2D eigenvalue weighted by Gasteiger charge is -2.32. The molecule has 2 aliphatic heterocycles. The van der Waals surface area contributed by atoms with E-state index in [0.717, 1.165) is 60.5 Å². The molecule has 0 spiro atoms. The van der Waals surface area contributed by atoms with Crippen molar-refractivity contribution in [3.05, 3.63) is 88.5 Å². The summed E-state index contributed by atoms with van der Waals surface area (Å²) >= 11 is 0. The third-order valence-electron chi connectivity index (χ3n) is 8.37. The monoisotopic (exact) mass is 477 g/mol. The lowest BCUT2D eigenvalue weighted by atomic mass is 9.84. The zero-order chi connectivity index (χ0) is 24.9. The van der Waals surface area contributed by atoms with Crippen molar-refractivity contribution in [1.29, 1.82) is 0 Å². The number of carbonyl (C=O) groups is 1. The van der Waals surface area contributed by atoms with Gasteiger partial charge >= 0.3 is 0 Å². The fraction of sp³-hybridized carbons (Fsp3) is 0.375. The number of aryl methyl sites for hydroxylation is 1. The van der Waals surface area contributed by atoms with Crippen molar-refractivity contribution in [2.45, 2.75) is 52.9 Å². The molecule has 1 saturated carbocycles. The number of aliphatic imine (C=N–C) groups is 1. The molecule has 1 atom stereocenters. The number of hydrogen-bond acceptors (Lipinski definition) is 3. The topological polar surface area (TPSA) is 44.7 Å². The Morgan fingerprint density at radius 1 is 1.06 bits per heavy atom. The van der Waals surface area contributed by atoms with Crippen LogP contribution in [0.4, 0.5) is 17.1 Å². The van der Waals surface area contributed by atoms with Gasteiger partial charge in [-0.15, -0.1) is 0 Å². The highest BCUT2D eigenvalue weighted by molar-refractivity contribution is 6.06. The third kappa shape index (κ3) is 4.23. The quantitative estimate of drug-likeness (QED) is 0.407. The van der Waals surface area contributed by atoms with Crippen molar-refractivity contribution in [3.8, 4) is 0 Å². The molecule has 4 nitrogen and oxygen atoms in total. The summed E-state index contributed by atoms with van der Waals surface area (Å²) in [5.74, 6) is 0.592. The van der Waals surface area contributed by atoms with E-state index in [-0.39, 0.29) is 5.91 Å². The Bertz CT molecular complexity index is 1370. The Morgan fingerprint density at radius 3 is 2.69 bits per heavy atom. The summed E-state index contributed by atoms with van der Waals surface area (Å²) in [6.07, 6.45) is 5.45. The highest BCUT2D eigenvalue weighted by Crippen LogP contribution is 2.46. The molecule has 1 N–H and O–H groups in total. The average Bonchev–Trinajstić information content (AvgIpc) is 3.63. The number of anilines is 2. The van der Waals surface area contributed by atoms with Crippen LogP contribution < -0.4 is 5.32 Å². The number of rotatable bonds is 6. The van der Waals surface area contributed by atoms with E-state index in [4.69, 9.17) is 4.99 Å². The lowest BCUT2D eigenvalue weighted by Crippen LogP contribution is -2.40. The van der Waals surface area contributed by atoms with Crippen LogP contribution in [0.15, 0.2) is 65.7 Å². The van der Waals surface area contributed by atoms with Gasteiger partial charge in [-0.05, 0) is 91.5 Å². The number of benzene rings is 3. The molecule has 3 aromatic rings.